The van der Waals surface area contributed by atoms with Gasteiger partial charge >= 0.3 is 5.97 Å². The number of sulfonamides is 1. The van der Waals surface area contributed by atoms with Crippen LogP contribution in [0.5, 0.6) is 0 Å². The third-order valence-corrected chi connectivity index (χ3v) is 5.27. The maximum absolute atomic E-state index is 12.4. The molecular weight excluding hydrogens is 296 g/mol. The van der Waals surface area contributed by atoms with Crippen LogP contribution < -0.4 is 10.5 Å². The second-order valence-corrected chi connectivity index (χ2v) is 6.94. The highest BCUT2D eigenvalue weighted by atomic mass is 32.2. The number of furan rings is 1. The highest BCUT2D eigenvalue weighted by molar-refractivity contribution is 7.89. The quantitative estimate of drug-likeness (QED) is 0.799. The minimum Gasteiger partial charge on any atom is -0.463 e. The van der Waals surface area contributed by atoms with Crippen molar-refractivity contribution in [2.75, 3.05) is 7.11 Å². The summed E-state index contributed by atoms with van der Waals surface area (Å²) in [7, 11) is -2.52. The molecule has 1 aliphatic carbocycles. The molecule has 1 aliphatic rings. The third kappa shape index (κ3) is 3.63. The zero-order valence-electron chi connectivity index (χ0n) is 12.1. The van der Waals surface area contributed by atoms with Crippen molar-refractivity contribution in [2.45, 2.75) is 49.6 Å². The maximum Gasteiger partial charge on any atom is 0.373 e. The molecule has 0 aliphatic heterocycles. The number of hydrogen-bond donors (Lipinski definition) is 2. The van der Waals surface area contributed by atoms with Crippen LogP contribution in [-0.2, 0) is 14.8 Å². The van der Waals surface area contributed by atoms with Gasteiger partial charge in [-0.15, -0.1) is 0 Å². The topological polar surface area (TPSA) is 112 Å². The van der Waals surface area contributed by atoms with E-state index in [-0.39, 0.29) is 28.5 Å². The fourth-order valence-electron chi connectivity index (χ4n) is 2.45. The molecule has 0 saturated heterocycles. The lowest BCUT2D eigenvalue weighted by molar-refractivity contribution is 0.0563. The van der Waals surface area contributed by atoms with Crippen molar-refractivity contribution in [1.82, 2.24) is 4.72 Å². The van der Waals surface area contributed by atoms with E-state index < -0.39 is 16.0 Å². The zero-order chi connectivity index (χ0) is 15.6. The van der Waals surface area contributed by atoms with Crippen molar-refractivity contribution in [1.29, 1.82) is 0 Å². The van der Waals surface area contributed by atoms with E-state index in [2.05, 4.69) is 9.46 Å². The lowest BCUT2D eigenvalue weighted by Crippen LogP contribution is -2.40. The highest BCUT2D eigenvalue weighted by Crippen LogP contribution is 2.23. The Morgan fingerprint density at radius 1 is 1.38 bits per heavy atom. The fraction of sp³-hybridized carbons (Fsp3) is 0.615. The SMILES string of the molecule is COC(=O)c1cc(S(=O)(=O)NC2CCC(N)CC2)c(C)o1. The number of aryl methyl sites for hydroxylation is 1. The molecule has 21 heavy (non-hydrogen) atoms. The number of methoxy groups -OCH3 is 1. The van der Waals surface area contributed by atoms with Crippen LogP contribution in [-0.4, -0.2) is 33.6 Å². The molecule has 0 aromatic carbocycles. The summed E-state index contributed by atoms with van der Waals surface area (Å²) in [6.45, 7) is 1.50. The van der Waals surface area contributed by atoms with Gasteiger partial charge in [0.05, 0.1) is 7.11 Å². The van der Waals surface area contributed by atoms with E-state index in [1.807, 2.05) is 0 Å². The molecule has 0 unspecified atom stereocenters. The van der Waals surface area contributed by atoms with Gasteiger partial charge in [-0.1, -0.05) is 0 Å². The van der Waals surface area contributed by atoms with Gasteiger partial charge in [0.1, 0.15) is 10.7 Å². The molecule has 0 radical (unpaired) electrons. The molecule has 3 N–H and O–H groups in total. The van der Waals surface area contributed by atoms with E-state index >= 15 is 0 Å². The number of hydrogen-bond acceptors (Lipinski definition) is 6. The smallest absolute Gasteiger partial charge is 0.373 e. The average Bonchev–Trinajstić information content (AvgIpc) is 2.83. The van der Waals surface area contributed by atoms with E-state index in [4.69, 9.17) is 10.2 Å². The van der Waals surface area contributed by atoms with Crippen LogP contribution in [0, 0.1) is 6.92 Å². The number of carbonyl (C=O) groups is 1. The van der Waals surface area contributed by atoms with Crippen LogP contribution in [0.15, 0.2) is 15.4 Å². The first-order valence-corrected chi connectivity index (χ1v) is 8.28. The Balaban J connectivity index is 2.16. The first-order chi connectivity index (χ1) is 9.83. The van der Waals surface area contributed by atoms with Gasteiger partial charge in [-0.3, -0.25) is 0 Å². The zero-order valence-corrected chi connectivity index (χ0v) is 12.9. The molecule has 0 amide bonds. The third-order valence-electron chi connectivity index (χ3n) is 3.64. The summed E-state index contributed by atoms with van der Waals surface area (Å²) in [5, 5.41) is 0. The number of nitrogens with two attached hydrogens (primary N) is 1. The van der Waals surface area contributed by atoms with Gasteiger partial charge in [0.15, 0.2) is 0 Å². The van der Waals surface area contributed by atoms with Gasteiger partial charge in [-0.05, 0) is 32.6 Å². The summed E-state index contributed by atoms with van der Waals surface area (Å²) in [6.07, 6.45) is 3.01. The van der Waals surface area contributed by atoms with Crippen molar-refractivity contribution in [3.8, 4) is 0 Å². The summed E-state index contributed by atoms with van der Waals surface area (Å²) >= 11 is 0. The van der Waals surface area contributed by atoms with Gasteiger partial charge in [-0.2, -0.15) is 0 Å². The fourth-order valence-corrected chi connectivity index (χ4v) is 3.94. The predicted molar refractivity (Wildman–Crippen MR) is 75.3 cm³/mol. The van der Waals surface area contributed by atoms with Gasteiger partial charge in [-0.25, -0.2) is 17.9 Å². The van der Waals surface area contributed by atoms with Gasteiger partial charge < -0.3 is 14.9 Å². The molecule has 0 bridgehead atoms. The lowest BCUT2D eigenvalue weighted by Gasteiger charge is -2.26. The Kier molecular flexibility index (Phi) is 4.70. The second kappa shape index (κ2) is 6.17. The number of esters is 1. The molecular formula is C13H20N2O5S. The Bertz CT molecular complexity index is 615. The number of carbonyl (C=O) groups excluding carboxylic acids is 1. The summed E-state index contributed by atoms with van der Waals surface area (Å²) < 4.78 is 37.1. The molecule has 118 valence electrons. The molecule has 2 rings (SSSR count). The summed E-state index contributed by atoms with van der Waals surface area (Å²) in [6, 6.07) is 1.20. The van der Waals surface area contributed by atoms with Crippen molar-refractivity contribution >= 4 is 16.0 Å². The molecule has 1 aromatic rings. The van der Waals surface area contributed by atoms with Crippen molar-refractivity contribution < 1.29 is 22.4 Å². The Labute approximate surface area is 123 Å². The molecule has 7 nitrogen and oxygen atoms in total. The molecule has 0 spiro atoms. The van der Waals surface area contributed by atoms with E-state index in [0.29, 0.717) is 12.8 Å². The van der Waals surface area contributed by atoms with Crippen molar-refractivity contribution in [2.24, 2.45) is 5.73 Å². The van der Waals surface area contributed by atoms with Crippen LogP contribution in [0.3, 0.4) is 0 Å². The normalized spacial score (nSPS) is 23.0. The predicted octanol–water partition coefficient (Wildman–Crippen LogP) is 0.923. The molecule has 0 atom stereocenters. The van der Waals surface area contributed by atoms with Crippen LogP contribution in [0.25, 0.3) is 0 Å². The van der Waals surface area contributed by atoms with Crippen LogP contribution >= 0.6 is 0 Å². The first-order valence-electron chi connectivity index (χ1n) is 6.80. The standard InChI is InChI=1S/C13H20N2O5S/c1-8-12(7-11(20-8)13(16)19-2)21(17,18)15-10-5-3-9(14)4-6-10/h7,9-10,15H,3-6,14H2,1-2H3. The number of rotatable bonds is 4. The Morgan fingerprint density at radius 2 is 2.00 bits per heavy atom. The second-order valence-electron chi connectivity index (χ2n) is 5.26. The minimum absolute atomic E-state index is 0.0298. The van der Waals surface area contributed by atoms with E-state index in [1.165, 1.54) is 20.1 Å². The van der Waals surface area contributed by atoms with Crippen LogP contribution in [0.2, 0.25) is 0 Å². The molecule has 1 saturated carbocycles. The molecule has 1 fully saturated rings. The lowest BCUT2D eigenvalue weighted by atomic mass is 9.93. The van der Waals surface area contributed by atoms with Crippen LogP contribution in [0.1, 0.15) is 42.0 Å². The monoisotopic (exact) mass is 316 g/mol. The summed E-state index contributed by atoms with van der Waals surface area (Å²) in [4.78, 5) is 11.4. The first kappa shape index (κ1) is 16.0. The molecule has 8 heteroatoms. The molecule has 1 heterocycles. The average molecular weight is 316 g/mol. The highest BCUT2D eigenvalue weighted by Gasteiger charge is 2.28. The van der Waals surface area contributed by atoms with Crippen molar-refractivity contribution in [3.05, 3.63) is 17.6 Å². The summed E-state index contributed by atoms with van der Waals surface area (Å²) in [5.41, 5.74) is 5.80. The van der Waals surface area contributed by atoms with E-state index in [9.17, 15) is 13.2 Å². The number of nitrogens with one attached hydrogen (secondary N) is 1. The largest absolute Gasteiger partial charge is 0.463 e. The van der Waals surface area contributed by atoms with Gasteiger partial charge in [0.2, 0.25) is 15.8 Å². The Morgan fingerprint density at radius 3 is 2.57 bits per heavy atom. The Hall–Kier alpha value is -1.38. The number of ether oxygens (including phenoxy) is 1. The summed E-state index contributed by atoms with van der Waals surface area (Å²) in [5.74, 6) is -0.667. The minimum atomic E-state index is -3.72. The van der Waals surface area contributed by atoms with Crippen molar-refractivity contribution in [3.63, 3.8) is 0 Å². The van der Waals surface area contributed by atoms with Gasteiger partial charge in [0.25, 0.3) is 0 Å². The van der Waals surface area contributed by atoms with E-state index in [0.717, 1.165) is 12.8 Å². The van der Waals surface area contributed by atoms with Crippen LogP contribution in [0.4, 0.5) is 0 Å². The molecule has 1 aromatic heterocycles. The van der Waals surface area contributed by atoms with Gasteiger partial charge in [0, 0.05) is 18.2 Å². The van der Waals surface area contributed by atoms with E-state index in [1.54, 1.807) is 0 Å². The maximum atomic E-state index is 12.4.